The van der Waals surface area contributed by atoms with Crippen molar-refractivity contribution in [3.63, 3.8) is 0 Å². The smallest absolute Gasteiger partial charge is 0.155 e. The zero-order valence-electron chi connectivity index (χ0n) is 9.61. The lowest BCUT2D eigenvalue weighted by molar-refractivity contribution is 0.533. The zero-order valence-corrected chi connectivity index (χ0v) is 10.4. The zero-order chi connectivity index (χ0) is 12.6. The number of anilines is 1. The lowest BCUT2D eigenvalue weighted by Crippen LogP contribution is -2.01. The molecule has 0 radical (unpaired) electrons. The van der Waals surface area contributed by atoms with E-state index in [4.69, 9.17) is 17.3 Å². The van der Waals surface area contributed by atoms with Gasteiger partial charge in [0.2, 0.25) is 0 Å². The van der Waals surface area contributed by atoms with Crippen LogP contribution in [0.1, 0.15) is 19.9 Å². The molecule has 0 aliphatic rings. The maximum atomic E-state index is 13.8. The van der Waals surface area contributed by atoms with Gasteiger partial charge in [-0.25, -0.2) is 4.39 Å². The number of rotatable bonds is 2. The van der Waals surface area contributed by atoms with E-state index in [0.29, 0.717) is 16.3 Å². The lowest BCUT2D eigenvalue weighted by Gasteiger charge is -2.06. The van der Waals surface area contributed by atoms with E-state index < -0.39 is 5.82 Å². The average Bonchev–Trinajstić information content (AvgIpc) is 2.72. The molecule has 5 heteroatoms. The maximum Gasteiger partial charge on any atom is 0.155 e. The summed E-state index contributed by atoms with van der Waals surface area (Å²) >= 11 is 5.86. The molecule has 1 aromatic heterocycles. The molecule has 0 aliphatic heterocycles. The molecule has 0 saturated heterocycles. The number of nitrogens with two attached hydrogens (primary N) is 1. The standard InChI is InChI=1S/C12H13ClFN3/c1-7(2)17-4-3-11(16-17)9-5-8(13)6-10(15)12(9)14/h3-7H,15H2,1-2H3. The predicted molar refractivity (Wildman–Crippen MR) is 67.4 cm³/mol. The van der Waals surface area contributed by atoms with Crippen molar-refractivity contribution >= 4 is 17.3 Å². The van der Waals surface area contributed by atoms with E-state index in [1.54, 1.807) is 16.9 Å². The summed E-state index contributed by atoms with van der Waals surface area (Å²) in [6, 6.07) is 4.89. The van der Waals surface area contributed by atoms with Crippen molar-refractivity contribution in [1.82, 2.24) is 9.78 Å². The normalized spacial score (nSPS) is 11.1. The number of hydrogen-bond acceptors (Lipinski definition) is 2. The van der Waals surface area contributed by atoms with Crippen LogP contribution in [0.3, 0.4) is 0 Å². The molecule has 2 aromatic rings. The van der Waals surface area contributed by atoms with Crippen LogP contribution in [-0.4, -0.2) is 9.78 Å². The summed E-state index contributed by atoms with van der Waals surface area (Å²) < 4.78 is 15.6. The first kappa shape index (κ1) is 11.9. The van der Waals surface area contributed by atoms with Crippen LogP contribution < -0.4 is 5.73 Å². The number of aromatic nitrogens is 2. The van der Waals surface area contributed by atoms with E-state index in [2.05, 4.69) is 5.10 Å². The van der Waals surface area contributed by atoms with Crippen LogP contribution in [0.25, 0.3) is 11.3 Å². The van der Waals surface area contributed by atoms with Gasteiger partial charge < -0.3 is 5.73 Å². The fourth-order valence-electron chi connectivity index (χ4n) is 1.57. The molecule has 0 saturated carbocycles. The Morgan fingerprint density at radius 1 is 1.41 bits per heavy atom. The molecule has 0 aliphatic carbocycles. The summed E-state index contributed by atoms with van der Waals surface area (Å²) in [7, 11) is 0. The Bertz CT molecular complexity index is 549. The van der Waals surface area contributed by atoms with Gasteiger partial charge in [0.25, 0.3) is 0 Å². The van der Waals surface area contributed by atoms with Crippen molar-refractivity contribution in [3.8, 4) is 11.3 Å². The van der Waals surface area contributed by atoms with Crippen molar-refractivity contribution in [2.75, 3.05) is 5.73 Å². The SMILES string of the molecule is CC(C)n1ccc(-c2cc(Cl)cc(N)c2F)n1. The predicted octanol–water partition coefficient (Wildman–Crippen LogP) is 3.51. The fourth-order valence-corrected chi connectivity index (χ4v) is 1.79. The summed E-state index contributed by atoms with van der Waals surface area (Å²) in [6.07, 6.45) is 1.80. The molecule has 0 atom stereocenters. The summed E-state index contributed by atoms with van der Waals surface area (Å²) in [5.41, 5.74) is 6.43. The van der Waals surface area contributed by atoms with E-state index in [9.17, 15) is 4.39 Å². The first-order chi connectivity index (χ1) is 7.99. The van der Waals surface area contributed by atoms with Crippen molar-refractivity contribution in [3.05, 3.63) is 35.2 Å². The Morgan fingerprint density at radius 2 is 2.12 bits per heavy atom. The highest BCUT2D eigenvalue weighted by Crippen LogP contribution is 2.29. The molecule has 0 fully saturated rings. The van der Waals surface area contributed by atoms with E-state index in [0.717, 1.165) is 0 Å². The molecule has 2 N–H and O–H groups in total. The van der Waals surface area contributed by atoms with Gasteiger partial charge in [0.05, 0.1) is 11.4 Å². The van der Waals surface area contributed by atoms with E-state index in [1.807, 2.05) is 13.8 Å². The van der Waals surface area contributed by atoms with Gasteiger partial charge in [-0.3, -0.25) is 4.68 Å². The van der Waals surface area contributed by atoms with Gasteiger partial charge in [-0.05, 0) is 32.0 Å². The van der Waals surface area contributed by atoms with Crippen LogP contribution in [0.2, 0.25) is 5.02 Å². The molecule has 90 valence electrons. The minimum Gasteiger partial charge on any atom is -0.396 e. The molecule has 0 unspecified atom stereocenters. The second-order valence-corrected chi connectivity index (χ2v) is 4.57. The first-order valence-electron chi connectivity index (χ1n) is 5.29. The number of hydrogen-bond donors (Lipinski definition) is 1. The minimum absolute atomic E-state index is 0.0339. The van der Waals surface area contributed by atoms with Gasteiger partial charge in [0.15, 0.2) is 5.82 Å². The molecular formula is C12H13ClFN3. The highest BCUT2D eigenvalue weighted by atomic mass is 35.5. The van der Waals surface area contributed by atoms with Gasteiger partial charge in [0, 0.05) is 22.8 Å². The second kappa shape index (κ2) is 4.37. The largest absolute Gasteiger partial charge is 0.396 e. The van der Waals surface area contributed by atoms with Gasteiger partial charge in [0.1, 0.15) is 0 Å². The quantitative estimate of drug-likeness (QED) is 0.833. The topological polar surface area (TPSA) is 43.8 Å². The Labute approximate surface area is 104 Å². The molecule has 1 heterocycles. The lowest BCUT2D eigenvalue weighted by atomic mass is 10.1. The van der Waals surface area contributed by atoms with Crippen LogP contribution in [-0.2, 0) is 0 Å². The fraction of sp³-hybridized carbons (Fsp3) is 0.250. The van der Waals surface area contributed by atoms with Gasteiger partial charge in [-0.1, -0.05) is 11.6 Å². The molecule has 1 aromatic carbocycles. The number of nitrogen functional groups attached to an aromatic ring is 1. The average molecular weight is 254 g/mol. The van der Waals surface area contributed by atoms with Gasteiger partial charge in [-0.2, -0.15) is 5.10 Å². The Balaban J connectivity index is 2.52. The van der Waals surface area contributed by atoms with Crippen LogP contribution in [0.15, 0.2) is 24.4 Å². The first-order valence-corrected chi connectivity index (χ1v) is 5.67. The van der Waals surface area contributed by atoms with Crippen LogP contribution >= 0.6 is 11.6 Å². The second-order valence-electron chi connectivity index (χ2n) is 4.13. The summed E-state index contributed by atoms with van der Waals surface area (Å²) in [4.78, 5) is 0. The van der Waals surface area contributed by atoms with Crippen molar-refractivity contribution in [2.45, 2.75) is 19.9 Å². The highest BCUT2D eigenvalue weighted by Gasteiger charge is 2.13. The third-order valence-corrected chi connectivity index (χ3v) is 2.70. The summed E-state index contributed by atoms with van der Waals surface area (Å²) in [5.74, 6) is -0.483. The number of nitrogens with zero attached hydrogens (tertiary/aromatic N) is 2. The molecule has 3 nitrogen and oxygen atoms in total. The van der Waals surface area contributed by atoms with Crippen LogP contribution in [0.4, 0.5) is 10.1 Å². The number of halogens is 2. The van der Waals surface area contributed by atoms with E-state index in [1.165, 1.54) is 12.1 Å². The molecule has 2 rings (SSSR count). The van der Waals surface area contributed by atoms with E-state index in [-0.39, 0.29) is 11.7 Å². The van der Waals surface area contributed by atoms with Crippen molar-refractivity contribution in [1.29, 1.82) is 0 Å². The monoisotopic (exact) mass is 253 g/mol. The molecule has 0 spiro atoms. The minimum atomic E-state index is -0.483. The van der Waals surface area contributed by atoms with Crippen LogP contribution in [0.5, 0.6) is 0 Å². The van der Waals surface area contributed by atoms with Crippen LogP contribution in [0, 0.1) is 5.82 Å². The summed E-state index contributed by atoms with van der Waals surface area (Å²) in [5, 5.41) is 4.69. The maximum absolute atomic E-state index is 13.8. The van der Waals surface area contributed by atoms with Crippen molar-refractivity contribution in [2.24, 2.45) is 0 Å². The summed E-state index contributed by atoms with van der Waals surface area (Å²) in [6.45, 7) is 4.00. The van der Waals surface area contributed by atoms with Crippen molar-refractivity contribution < 1.29 is 4.39 Å². The number of benzene rings is 1. The van der Waals surface area contributed by atoms with Gasteiger partial charge >= 0.3 is 0 Å². The highest BCUT2D eigenvalue weighted by molar-refractivity contribution is 6.31. The third-order valence-electron chi connectivity index (χ3n) is 2.48. The molecule has 0 bridgehead atoms. The van der Waals surface area contributed by atoms with Gasteiger partial charge in [-0.15, -0.1) is 0 Å². The molecule has 0 amide bonds. The Kier molecular flexibility index (Phi) is 3.07. The third kappa shape index (κ3) is 2.26. The molecule has 17 heavy (non-hydrogen) atoms. The molecular weight excluding hydrogens is 241 g/mol. The van der Waals surface area contributed by atoms with E-state index >= 15 is 0 Å². The Morgan fingerprint density at radius 3 is 2.71 bits per heavy atom. The Hall–Kier alpha value is -1.55.